The zero-order valence-electron chi connectivity index (χ0n) is 11.8. The molecule has 0 amide bonds. The van der Waals surface area contributed by atoms with Crippen LogP contribution in [0.1, 0.15) is 24.5 Å². The first-order valence-electron chi connectivity index (χ1n) is 6.54. The highest BCUT2D eigenvalue weighted by Gasteiger charge is 2.00. The zero-order valence-corrected chi connectivity index (χ0v) is 11.8. The Morgan fingerprint density at radius 3 is 2.65 bits per heavy atom. The number of rotatable bonds is 6. The molecule has 2 aromatic rings. The molecular weight excluding hydrogens is 254 g/mol. The fourth-order valence-corrected chi connectivity index (χ4v) is 1.84. The van der Waals surface area contributed by atoms with Crippen molar-refractivity contribution in [2.75, 3.05) is 0 Å². The minimum absolute atomic E-state index is 0.517. The van der Waals surface area contributed by atoms with Crippen molar-refractivity contribution in [3.8, 4) is 5.75 Å². The van der Waals surface area contributed by atoms with Crippen LogP contribution in [0.2, 0.25) is 0 Å². The predicted octanol–water partition coefficient (Wildman–Crippen LogP) is 2.78. The first kappa shape index (κ1) is 14.1. The molecule has 1 aromatic heterocycles. The van der Waals surface area contributed by atoms with Gasteiger partial charge in [0.1, 0.15) is 12.4 Å². The second-order valence-electron chi connectivity index (χ2n) is 4.79. The van der Waals surface area contributed by atoms with E-state index in [2.05, 4.69) is 10.3 Å². The molecule has 5 heteroatoms. The van der Waals surface area contributed by atoms with Crippen molar-refractivity contribution in [3.05, 3.63) is 47.8 Å². The number of aromatic nitrogens is 2. The fourth-order valence-electron chi connectivity index (χ4n) is 1.84. The van der Waals surface area contributed by atoms with Crippen molar-refractivity contribution in [3.63, 3.8) is 0 Å². The van der Waals surface area contributed by atoms with E-state index in [1.54, 1.807) is 10.9 Å². The third-order valence-corrected chi connectivity index (χ3v) is 3.03. The summed E-state index contributed by atoms with van der Waals surface area (Å²) in [5, 5.41) is 15.9. The van der Waals surface area contributed by atoms with Crippen molar-refractivity contribution >= 4 is 5.71 Å². The van der Waals surface area contributed by atoms with Gasteiger partial charge in [-0.15, -0.1) is 0 Å². The van der Waals surface area contributed by atoms with E-state index in [9.17, 15) is 0 Å². The van der Waals surface area contributed by atoms with E-state index >= 15 is 0 Å². The first-order chi connectivity index (χ1) is 9.67. The second-order valence-corrected chi connectivity index (χ2v) is 4.79. The lowest BCUT2D eigenvalue weighted by molar-refractivity contribution is 0.306. The molecule has 0 saturated carbocycles. The molecule has 1 heterocycles. The van der Waals surface area contributed by atoms with Crippen LogP contribution in [0.15, 0.2) is 41.8 Å². The number of aryl methyl sites for hydroxylation is 2. The zero-order chi connectivity index (χ0) is 14.4. The molecule has 0 fully saturated rings. The molecule has 1 N–H and O–H groups in total. The highest BCUT2D eigenvalue weighted by molar-refractivity contribution is 5.81. The van der Waals surface area contributed by atoms with Crippen molar-refractivity contribution in [1.29, 1.82) is 0 Å². The van der Waals surface area contributed by atoms with Crippen LogP contribution in [0.5, 0.6) is 5.75 Å². The summed E-state index contributed by atoms with van der Waals surface area (Å²) in [4.78, 5) is 0. The van der Waals surface area contributed by atoms with Gasteiger partial charge >= 0.3 is 0 Å². The number of oxime groups is 1. The average Bonchev–Trinajstić information content (AvgIpc) is 2.89. The molecule has 0 aliphatic carbocycles. The largest absolute Gasteiger partial charge is 0.489 e. The molecule has 0 aliphatic rings. The summed E-state index contributed by atoms with van der Waals surface area (Å²) in [6, 6.07) is 7.97. The summed E-state index contributed by atoms with van der Waals surface area (Å²) < 4.78 is 7.45. The molecule has 0 bridgehead atoms. The maximum atomic E-state index is 8.60. The van der Waals surface area contributed by atoms with Crippen molar-refractivity contribution in [1.82, 2.24) is 9.78 Å². The van der Waals surface area contributed by atoms with E-state index in [4.69, 9.17) is 9.94 Å². The first-order valence-corrected chi connectivity index (χ1v) is 6.54. The molecule has 20 heavy (non-hydrogen) atoms. The van der Waals surface area contributed by atoms with E-state index < -0.39 is 0 Å². The number of hydrogen-bond donors (Lipinski definition) is 1. The summed E-state index contributed by atoms with van der Waals surface area (Å²) in [5.74, 6) is 0.838. The molecule has 0 spiro atoms. The molecule has 2 rings (SSSR count). The second kappa shape index (κ2) is 6.75. The lowest BCUT2D eigenvalue weighted by Crippen LogP contribution is -1.96. The third-order valence-electron chi connectivity index (χ3n) is 3.03. The smallest absolute Gasteiger partial charge is 0.119 e. The topological polar surface area (TPSA) is 59.6 Å². The summed E-state index contributed by atoms with van der Waals surface area (Å²) in [5.41, 5.74) is 2.98. The van der Waals surface area contributed by atoms with Gasteiger partial charge < -0.3 is 9.94 Å². The van der Waals surface area contributed by atoms with Gasteiger partial charge in [0.05, 0.1) is 11.9 Å². The fraction of sp³-hybridized carbons (Fsp3) is 0.333. The molecular formula is C15H19N3O2. The Labute approximate surface area is 118 Å². The quantitative estimate of drug-likeness (QED) is 0.500. The van der Waals surface area contributed by atoms with Crippen LogP contribution < -0.4 is 4.74 Å². The van der Waals surface area contributed by atoms with Crippen molar-refractivity contribution in [2.24, 2.45) is 12.2 Å². The Morgan fingerprint density at radius 1 is 1.30 bits per heavy atom. The maximum absolute atomic E-state index is 8.60. The van der Waals surface area contributed by atoms with Gasteiger partial charge in [0, 0.05) is 18.8 Å². The van der Waals surface area contributed by atoms with E-state index in [0.29, 0.717) is 6.61 Å². The Hall–Kier alpha value is -2.30. The van der Waals surface area contributed by atoms with Gasteiger partial charge in [0.25, 0.3) is 0 Å². The van der Waals surface area contributed by atoms with Crippen LogP contribution in [-0.4, -0.2) is 20.7 Å². The maximum Gasteiger partial charge on any atom is 0.119 e. The predicted molar refractivity (Wildman–Crippen MR) is 77.2 cm³/mol. The number of hydrogen-bond acceptors (Lipinski definition) is 4. The van der Waals surface area contributed by atoms with Crippen molar-refractivity contribution < 1.29 is 9.94 Å². The SMILES string of the molecule is CC(CCc1ccc(OCc2cnn(C)c2)cc1)=NO. The minimum Gasteiger partial charge on any atom is -0.489 e. The van der Waals surface area contributed by atoms with Gasteiger partial charge in [-0.05, 0) is 37.5 Å². The number of nitrogens with zero attached hydrogens (tertiary/aromatic N) is 3. The Bertz CT molecular complexity index is 573. The van der Waals surface area contributed by atoms with E-state index in [0.717, 1.165) is 29.9 Å². The van der Waals surface area contributed by atoms with Gasteiger partial charge in [-0.25, -0.2) is 0 Å². The van der Waals surface area contributed by atoms with Gasteiger partial charge in [-0.2, -0.15) is 5.10 Å². The molecule has 0 radical (unpaired) electrons. The van der Waals surface area contributed by atoms with Crippen molar-refractivity contribution in [2.45, 2.75) is 26.4 Å². The van der Waals surface area contributed by atoms with Gasteiger partial charge in [-0.3, -0.25) is 4.68 Å². The van der Waals surface area contributed by atoms with E-state index in [1.165, 1.54) is 5.56 Å². The Morgan fingerprint density at radius 2 is 2.05 bits per heavy atom. The lowest BCUT2D eigenvalue weighted by atomic mass is 10.1. The Balaban J connectivity index is 1.85. The molecule has 1 aromatic carbocycles. The van der Waals surface area contributed by atoms with Gasteiger partial charge in [-0.1, -0.05) is 17.3 Å². The molecule has 0 saturated heterocycles. The average molecular weight is 273 g/mol. The van der Waals surface area contributed by atoms with Crippen LogP contribution >= 0.6 is 0 Å². The normalized spacial score (nSPS) is 11.6. The van der Waals surface area contributed by atoms with E-state index in [-0.39, 0.29) is 0 Å². The number of ether oxygens (including phenoxy) is 1. The van der Waals surface area contributed by atoms with Gasteiger partial charge in [0.15, 0.2) is 0 Å². The summed E-state index contributed by atoms with van der Waals surface area (Å²) in [7, 11) is 1.88. The molecule has 0 unspecified atom stereocenters. The van der Waals surface area contributed by atoms with Crippen LogP contribution in [0, 0.1) is 0 Å². The van der Waals surface area contributed by atoms with Crippen LogP contribution in [0.25, 0.3) is 0 Å². The summed E-state index contributed by atoms with van der Waals surface area (Å²) in [6.45, 7) is 2.33. The van der Waals surface area contributed by atoms with Crippen LogP contribution in [-0.2, 0) is 20.1 Å². The minimum atomic E-state index is 0.517. The molecule has 0 atom stereocenters. The highest BCUT2D eigenvalue weighted by Crippen LogP contribution is 2.15. The van der Waals surface area contributed by atoms with Crippen LogP contribution in [0.4, 0.5) is 0 Å². The third kappa shape index (κ3) is 4.12. The van der Waals surface area contributed by atoms with E-state index in [1.807, 2.05) is 44.4 Å². The summed E-state index contributed by atoms with van der Waals surface area (Å²) >= 11 is 0. The molecule has 5 nitrogen and oxygen atoms in total. The lowest BCUT2D eigenvalue weighted by Gasteiger charge is -2.06. The standard InChI is InChI=1S/C15H19N3O2/c1-12(17-19)3-4-13-5-7-15(8-6-13)20-11-14-9-16-18(2)10-14/h5-10,19H,3-4,11H2,1-2H3. The number of benzene rings is 1. The van der Waals surface area contributed by atoms with Gasteiger partial charge in [0.2, 0.25) is 0 Å². The molecule has 0 aliphatic heterocycles. The van der Waals surface area contributed by atoms with Crippen LogP contribution in [0.3, 0.4) is 0 Å². The Kier molecular flexibility index (Phi) is 4.76. The molecule has 106 valence electrons. The highest BCUT2D eigenvalue weighted by atomic mass is 16.5. The monoisotopic (exact) mass is 273 g/mol. The summed E-state index contributed by atoms with van der Waals surface area (Å²) in [6.07, 6.45) is 5.35.